The van der Waals surface area contributed by atoms with Crippen LogP contribution in [0.4, 0.5) is 19.1 Å². The molecule has 2 aromatic carbocycles. The molecule has 4 bridgehead atoms. The number of halogens is 3. The number of hydrogen-bond donors (Lipinski definition) is 2. The lowest BCUT2D eigenvalue weighted by molar-refractivity contribution is -0.217. The molecule has 0 fully saturated rings. The maximum Gasteiger partial charge on any atom is 0.394 e. The number of carbonyl (C=O) groups is 1. The molecule has 0 unspecified atom stereocenters. The van der Waals surface area contributed by atoms with E-state index in [1.165, 1.54) is 35.2 Å². The number of carbonyl (C=O) groups excluding carboxylic acids is 1. The van der Waals surface area contributed by atoms with Crippen molar-refractivity contribution in [3.63, 3.8) is 0 Å². The van der Waals surface area contributed by atoms with Crippen LogP contribution in [0, 0.1) is 19.3 Å². The predicted molar refractivity (Wildman–Crippen MR) is 157 cm³/mol. The summed E-state index contributed by atoms with van der Waals surface area (Å²) in [5.41, 5.74) is 0.661. The van der Waals surface area contributed by atoms with Crippen molar-refractivity contribution in [1.29, 1.82) is 0 Å². The molecule has 0 saturated carbocycles. The highest BCUT2D eigenvalue weighted by atomic mass is 32.2. The van der Waals surface area contributed by atoms with Crippen molar-refractivity contribution < 1.29 is 31.1 Å². The van der Waals surface area contributed by atoms with Gasteiger partial charge >= 0.3 is 6.18 Å². The van der Waals surface area contributed by atoms with E-state index >= 15 is 0 Å². The summed E-state index contributed by atoms with van der Waals surface area (Å²) in [5, 5.41) is 3.10. The van der Waals surface area contributed by atoms with Crippen LogP contribution in [-0.4, -0.2) is 61.2 Å². The maximum absolute atomic E-state index is 14.1. The summed E-state index contributed by atoms with van der Waals surface area (Å²) in [4.78, 5) is 23.6. The zero-order chi connectivity index (χ0) is 31.6. The van der Waals surface area contributed by atoms with Gasteiger partial charge in [0.15, 0.2) is 0 Å². The van der Waals surface area contributed by atoms with E-state index in [0.717, 1.165) is 37.0 Å². The Kier molecular flexibility index (Phi) is 9.36. The highest BCUT2D eigenvalue weighted by Gasteiger charge is 2.49. The standard InChI is InChI=1S/C30H36F3N5O4S/c1-6-13-34-18-38-22(16-29(4,5)30(31,32)33)17-42-25-15-24(26-19(2)9-7-10-20(26)3)35-28(36-25)37-43(40,41)23-12-8-11-21(14-23)27(38)39/h7-12,14-15,22,34H,6,13,16-18H2,1-5H3,(H,35,36,37)/t22-/m1/s1. The minimum Gasteiger partial charge on any atom is -0.475 e. The van der Waals surface area contributed by atoms with Crippen LogP contribution in [0.15, 0.2) is 53.4 Å². The molecule has 2 heterocycles. The van der Waals surface area contributed by atoms with Crippen LogP contribution in [0.2, 0.25) is 0 Å². The third kappa shape index (κ3) is 7.27. The SMILES string of the molecule is CCCNCN1C(=O)c2cccc(c2)S(=O)(=O)Nc2nc(cc(-c3c(C)cccc3C)n2)OC[C@H]1CC(C)(C)C(F)(F)F. The van der Waals surface area contributed by atoms with Crippen molar-refractivity contribution in [2.45, 2.75) is 64.6 Å². The van der Waals surface area contributed by atoms with Gasteiger partial charge in [-0.15, -0.1) is 0 Å². The molecule has 232 valence electrons. The molecule has 0 radical (unpaired) electrons. The maximum atomic E-state index is 14.1. The monoisotopic (exact) mass is 619 g/mol. The summed E-state index contributed by atoms with van der Waals surface area (Å²) in [6, 6.07) is 11.4. The number of amides is 1. The average molecular weight is 620 g/mol. The second kappa shape index (κ2) is 12.5. The molecule has 13 heteroatoms. The van der Waals surface area contributed by atoms with Crippen LogP contribution < -0.4 is 14.8 Å². The average Bonchev–Trinajstić information content (AvgIpc) is 2.92. The Morgan fingerprint density at radius 1 is 1.07 bits per heavy atom. The summed E-state index contributed by atoms with van der Waals surface area (Å²) in [6.45, 7) is 7.93. The number of benzene rings is 2. The number of anilines is 1. The van der Waals surface area contributed by atoms with E-state index in [1.807, 2.05) is 39.0 Å². The Bertz CT molecular complexity index is 1570. The predicted octanol–water partition coefficient (Wildman–Crippen LogP) is 5.70. The van der Waals surface area contributed by atoms with Gasteiger partial charge in [0.1, 0.15) is 6.61 Å². The summed E-state index contributed by atoms with van der Waals surface area (Å²) >= 11 is 0. The van der Waals surface area contributed by atoms with Gasteiger partial charge in [0.2, 0.25) is 11.8 Å². The number of aryl methyl sites for hydroxylation is 2. The molecule has 1 aliphatic rings. The number of fused-ring (bicyclic) bond motifs is 4. The van der Waals surface area contributed by atoms with Crippen molar-refractivity contribution >= 4 is 21.9 Å². The third-order valence-electron chi connectivity index (χ3n) is 7.40. The third-order valence-corrected chi connectivity index (χ3v) is 8.73. The fraction of sp³-hybridized carbons (Fsp3) is 0.433. The highest BCUT2D eigenvalue weighted by Crippen LogP contribution is 2.42. The number of rotatable bonds is 7. The van der Waals surface area contributed by atoms with E-state index in [2.05, 4.69) is 20.0 Å². The van der Waals surface area contributed by atoms with E-state index in [-0.39, 0.29) is 35.6 Å². The van der Waals surface area contributed by atoms with Crippen LogP contribution >= 0.6 is 0 Å². The first-order valence-corrected chi connectivity index (χ1v) is 15.4. The lowest BCUT2D eigenvalue weighted by Gasteiger charge is -2.38. The van der Waals surface area contributed by atoms with Gasteiger partial charge in [0.25, 0.3) is 15.9 Å². The molecular formula is C30H36F3N5O4S. The zero-order valence-corrected chi connectivity index (χ0v) is 25.6. The Hall–Kier alpha value is -3.71. The van der Waals surface area contributed by atoms with E-state index in [1.54, 1.807) is 0 Å². The first-order chi connectivity index (χ1) is 20.1. The second-order valence-corrected chi connectivity index (χ2v) is 13.0. The number of aromatic nitrogens is 2. The van der Waals surface area contributed by atoms with Crippen LogP contribution in [0.3, 0.4) is 0 Å². The summed E-state index contributed by atoms with van der Waals surface area (Å²) in [7, 11) is -4.27. The van der Waals surface area contributed by atoms with Crippen LogP contribution in [0.1, 0.15) is 55.1 Å². The van der Waals surface area contributed by atoms with Gasteiger partial charge in [-0.3, -0.25) is 10.1 Å². The number of alkyl halides is 3. The lowest BCUT2D eigenvalue weighted by atomic mass is 9.84. The van der Waals surface area contributed by atoms with Gasteiger partial charge in [0.05, 0.1) is 28.7 Å². The Morgan fingerprint density at radius 2 is 1.74 bits per heavy atom. The van der Waals surface area contributed by atoms with Crippen LogP contribution in [-0.2, 0) is 10.0 Å². The zero-order valence-electron chi connectivity index (χ0n) is 24.7. The quantitative estimate of drug-likeness (QED) is 0.326. The Morgan fingerprint density at radius 3 is 2.40 bits per heavy atom. The number of nitrogens with zero attached hydrogens (tertiary/aromatic N) is 3. The van der Waals surface area contributed by atoms with E-state index < -0.39 is 40.0 Å². The van der Waals surface area contributed by atoms with Gasteiger partial charge in [0, 0.05) is 17.2 Å². The fourth-order valence-corrected chi connectivity index (χ4v) is 5.91. The first-order valence-electron chi connectivity index (χ1n) is 13.9. The molecule has 1 amide bonds. The van der Waals surface area contributed by atoms with E-state index in [9.17, 15) is 26.4 Å². The van der Waals surface area contributed by atoms with Crippen LogP contribution in [0.25, 0.3) is 11.3 Å². The van der Waals surface area contributed by atoms with Crippen molar-refractivity contribution in [1.82, 2.24) is 20.2 Å². The molecule has 9 nitrogen and oxygen atoms in total. The normalized spacial score (nSPS) is 17.3. The molecule has 0 spiro atoms. The highest BCUT2D eigenvalue weighted by molar-refractivity contribution is 7.92. The number of nitrogens with one attached hydrogen (secondary N) is 2. The number of sulfonamides is 1. The molecule has 0 saturated heterocycles. The van der Waals surface area contributed by atoms with Gasteiger partial charge < -0.3 is 9.64 Å². The Balaban J connectivity index is 1.91. The molecule has 0 aliphatic carbocycles. The van der Waals surface area contributed by atoms with Gasteiger partial charge in [-0.05, 0) is 62.6 Å². The van der Waals surface area contributed by atoms with E-state index in [0.29, 0.717) is 12.2 Å². The number of hydrogen-bond acceptors (Lipinski definition) is 7. The minimum absolute atomic E-state index is 0.000845. The smallest absolute Gasteiger partial charge is 0.394 e. The minimum atomic E-state index is -4.56. The summed E-state index contributed by atoms with van der Waals surface area (Å²) < 4.78 is 77.6. The van der Waals surface area contributed by atoms with Crippen molar-refractivity contribution in [2.75, 3.05) is 24.5 Å². The summed E-state index contributed by atoms with van der Waals surface area (Å²) in [5.74, 6) is -0.972. The molecule has 1 atom stereocenters. The molecule has 4 rings (SSSR count). The molecule has 1 aliphatic heterocycles. The van der Waals surface area contributed by atoms with Crippen molar-refractivity contribution in [3.05, 3.63) is 65.2 Å². The fourth-order valence-electron chi connectivity index (χ4n) is 4.92. The van der Waals surface area contributed by atoms with Crippen molar-refractivity contribution in [3.8, 4) is 17.1 Å². The molecule has 2 N–H and O–H groups in total. The van der Waals surface area contributed by atoms with Crippen molar-refractivity contribution in [2.24, 2.45) is 5.41 Å². The molecule has 1 aromatic heterocycles. The molecular weight excluding hydrogens is 583 g/mol. The van der Waals surface area contributed by atoms with Gasteiger partial charge in [-0.1, -0.05) is 45.0 Å². The van der Waals surface area contributed by atoms with E-state index in [4.69, 9.17) is 4.74 Å². The lowest BCUT2D eigenvalue weighted by Crippen LogP contribution is -2.51. The summed E-state index contributed by atoms with van der Waals surface area (Å²) in [6.07, 6.45) is -4.31. The molecule has 43 heavy (non-hydrogen) atoms. The largest absolute Gasteiger partial charge is 0.475 e. The second-order valence-electron chi connectivity index (χ2n) is 11.3. The first kappa shape index (κ1) is 32.2. The molecule has 3 aromatic rings. The number of ether oxygens (including phenoxy) is 1. The Labute approximate surface area is 249 Å². The van der Waals surface area contributed by atoms with Crippen LogP contribution in [0.5, 0.6) is 5.88 Å². The van der Waals surface area contributed by atoms with Gasteiger partial charge in [-0.25, -0.2) is 18.1 Å². The van der Waals surface area contributed by atoms with Gasteiger partial charge in [-0.2, -0.15) is 18.2 Å². The topological polar surface area (TPSA) is 114 Å².